The number of nitrogens with one attached hydrogen (secondary N) is 2. The molecule has 0 aliphatic rings. The predicted molar refractivity (Wildman–Crippen MR) is 77.1 cm³/mol. The highest BCUT2D eigenvalue weighted by Gasteiger charge is 2.21. The molecule has 5 N–H and O–H groups in total. The van der Waals surface area contributed by atoms with Crippen molar-refractivity contribution in [3.05, 3.63) is 16.1 Å². The molecule has 8 nitrogen and oxygen atoms in total. The van der Waals surface area contributed by atoms with Crippen molar-refractivity contribution in [2.24, 2.45) is 11.7 Å². The van der Waals surface area contributed by atoms with Gasteiger partial charge in [0.1, 0.15) is 6.04 Å². The van der Waals surface area contributed by atoms with E-state index in [9.17, 15) is 14.4 Å². The van der Waals surface area contributed by atoms with Crippen LogP contribution in [0, 0.1) is 5.92 Å². The molecule has 3 amide bonds. The second-order valence-electron chi connectivity index (χ2n) is 4.71. The van der Waals surface area contributed by atoms with Gasteiger partial charge in [-0.15, -0.1) is 11.3 Å². The molecule has 1 rings (SSSR count). The Labute approximate surface area is 125 Å². The van der Waals surface area contributed by atoms with Crippen molar-refractivity contribution in [3.8, 4) is 0 Å². The van der Waals surface area contributed by atoms with Crippen LogP contribution in [0.1, 0.15) is 29.3 Å². The van der Waals surface area contributed by atoms with Crippen molar-refractivity contribution < 1.29 is 19.5 Å². The Hall–Kier alpha value is -2.16. The monoisotopic (exact) mass is 314 g/mol. The molecule has 0 aliphatic heterocycles. The van der Waals surface area contributed by atoms with Gasteiger partial charge in [-0.3, -0.25) is 4.79 Å². The molecule has 116 valence electrons. The summed E-state index contributed by atoms with van der Waals surface area (Å²) in [6.07, 6.45) is 0.411. The summed E-state index contributed by atoms with van der Waals surface area (Å²) >= 11 is 1.22. The lowest BCUT2D eigenvalue weighted by atomic mass is 10.0. The average molecular weight is 314 g/mol. The van der Waals surface area contributed by atoms with Crippen molar-refractivity contribution >= 4 is 29.2 Å². The third-order valence-electron chi connectivity index (χ3n) is 2.66. The molecular weight excluding hydrogens is 296 g/mol. The lowest BCUT2D eigenvalue weighted by molar-refractivity contribution is -0.120. The summed E-state index contributed by atoms with van der Waals surface area (Å²) in [5, 5.41) is 15.9. The number of nitrogens with two attached hydrogens (primary N) is 1. The molecule has 0 fully saturated rings. The smallest absolute Gasteiger partial charge is 0.355 e. The molecule has 0 saturated heterocycles. The van der Waals surface area contributed by atoms with E-state index in [1.165, 1.54) is 16.7 Å². The van der Waals surface area contributed by atoms with Crippen molar-refractivity contribution in [2.75, 3.05) is 6.54 Å². The maximum Gasteiger partial charge on any atom is 0.355 e. The summed E-state index contributed by atoms with van der Waals surface area (Å²) in [6.45, 7) is 3.83. The number of aromatic nitrogens is 1. The van der Waals surface area contributed by atoms with Crippen LogP contribution >= 0.6 is 11.3 Å². The summed E-state index contributed by atoms with van der Waals surface area (Å²) in [5.74, 6) is -1.78. The number of carboxylic acid groups (broad SMARTS) is 1. The van der Waals surface area contributed by atoms with Gasteiger partial charge in [0.2, 0.25) is 5.91 Å². The Balaban J connectivity index is 2.39. The normalized spacial score (nSPS) is 12.0. The lowest BCUT2D eigenvalue weighted by Gasteiger charge is -2.19. The minimum Gasteiger partial charge on any atom is -0.476 e. The molecule has 1 unspecified atom stereocenters. The summed E-state index contributed by atoms with van der Waals surface area (Å²) in [4.78, 5) is 37.3. The van der Waals surface area contributed by atoms with E-state index in [-0.39, 0.29) is 18.2 Å². The number of carbonyl (C=O) groups is 3. The SMILES string of the molecule is CC(C)C(NC(=O)NCCc1nc(C(=O)O)cs1)C(N)=O. The van der Waals surface area contributed by atoms with Gasteiger partial charge in [-0.1, -0.05) is 13.8 Å². The molecule has 0 aliphatic carbocycles. The minimum absolute atomic E-state index is 0.00643. The van der Waals surface area contributed by atoms with Crippen molar-refractivity contribution in [3.63, 3.8) is 0 Å². The van der Waals surface area contributed by atoms with E-state index >= 15 is 0 Å². The molecule has 1 heterocycles. The third kappa shape index (κ3) is 5.38. The van der Waals surface area contributed by atoms with Crippen LogP contribution in [0.25, 0.3) is 0 Å². The van der Waals surface area contributed by atoms with Crippen LogP contribution in [0.2, 0.25) is 0 Å². The Bertz CT molecular complexity index is 529. The lowest BCUT2D eigenvalue weighted by Crippen LogP contribution is -2.51. The van der Waals surface area contributed by atoms with Crippen molar-refractivity contribution in [1.29, 1.82) is 0 Å². The summed E-state index contributed by atoms with van der Waals surface area (Å²) in [6, 6.07) is -1.23. The van der Waals surface area contributed by atoms with Crippen LogP contribution < -0.4 is 16.4 Å². The Kier molecular flexibility index (Phi) is 6.10. The number of amides is 3. The van der Waals surface area contributed by atoms with E-state index in [2.05, 4.69) is 15.6 Å². The second-order valence-corrected chi connectivity index (χ2v) is 5.65. The van der Waals surface area contributed by atoms with Gasteiger partial charge in [-0.25, -0.2) is 14.6 Å². The van der Waals surface area contributed by atoms with E-state index in [4.69, 9.17) is 10.8 Å². The average Bonchev–Trinajstić information content (AvgIpc) is 2.84. The largest absolute Gasteiger partial charge is 0.476 e. The number of thiazole rings is 1. The van der Waals surface area contributed by atoms with Crippen LogP contribution in [0.3, 0.4) is 0 Å². The van der Waals surface area contributed by atoms with Gasteiger partial charge in [-0.05, 0) is 5.92 Å². The van der Waals surface area contributed by atoms with Gasteiger partial charge >= 0.3 is 12.0 Å². The Morgan fingerprint density at radius 2 is 2.10 bits per heavy atom. The first kappa shape index (κ1) is 16.9. The number of rotatable bonds is 7. The van der Waals surface area contributed by atoms with Crippen LogP contribution in [0.4, 0.5) is 4.79 Å². The molecule has 1 aromatic rings. The zero-order valence-corrected chi connectivity index (χ0v) is 12.6. The molecule has 21 heavy (non-hydrogen) atoms. The number of urea groups is 1. The van der Waals surface area contributed by atoms with Crippen LogP contribution in [-0.2, 0) is 11.2 Å². The van der Waals surface area contributed by atoms with Gasteiger partial charge in [0.15, 0.2) is 5.69 Å². The number of carbonyl (C=O) groups excluding carboxylic acids is 2. The highest BCUT2D eigenvalue weighted by molar-refractivity contribution is 7.09. The number of hydrogen-bond acceptors (Lipinski definition) is 5. The van der Waals surface area contributed by atoms with Crippen LogP contribution in [0.15, 0.2) is 5.38 Å². The maximum atomic E-state index is 11.6. The minimum atomic E-state index is -1.08. The van der Waals surface area contributed by atoms with Crippen LogP contribution in [0.5, 0.6) is 0 Å². The van der Waals surface area contributed by atoms with E-state index in [1.807, 2.05) is 0 Å². The Morgan fingerprint density at radius 3 is 2.57 bits per heavy atom. The number of aromatic carboxylic acids is 1. The van der Waals surface area contributed by atoms with E-state index in [1.54, 1.807) is 13.8 Å². The molecule has 0 bridgehead atoms. The number of carboxylic acids is 1. The first-order valence-corrected chi connectivity index (χ1v) is 7.20. The van der Waals surface area contributed by atoms with Crippen molar-refractivity contribution in [1.82, 2.24) is 15.6 Å². The zero-order chi connectivity index (χ0) is 16.0. The fourth-order valence-electron chi connectivity index (χ4n) is 1.57. The molecule has 0 saturated carbocycles. The van der Waals surface area contributed by atoms with Crippen molar-refractivity contribution in [2.45, 2.75) is 26.3 Å². The third-order valence-corrected chi connectivity index (χ3v) is 3.56. The molecule has 0 aromatic carbocycles. The maximum absolute atomic E-state index is 11.6. The molecule has 0 spiro atoms. The molecule has 0 radical (unpaired) electrons. The van der Waals surface area contributed by atoms with Gasteiger partial charge in [0.25, 0.3) is 0 Å². The first-order chi connectivity index (χ1) is 9.81. The molecular formula is C12H18N4O4S. The Morgan fingerprint density at radius 1 is 1.43 bits per heavy atom. The zero-order valence-electron chi connectivity index (χ0n) is 11.8. The van der Waals surface area contributed by atoms with E-state index in [0.717, 1.165) is 0 Å². The number of nitrogens with zero attached hydrogens (tertiary/aromatic N) is 1. The second kappa shape index (κ2) is 7.58. The van der Waals surface area contributed by atoms with Gasteiger partial charge in [0.05, 0.1) is 5.01 Å². The quantitative estimate of drug-likeness (QED) is 0.570. The topological polar surface area (TPSA) is 134 Å². The van der Waals surface area contributed by atoms with Gasteiger partial charge in [-0.2, -0.15) is 0 Å². The fraction of sp³-hybridized carbons (Fsp3) is 0.500. The number of hydrogen-bond donors (Lipinski definition) is 4. The first-order valence-electron chi connectivity index (χ1n) is 6.32. The van der Waals surface area contributed by atoms with Gasteiger partial charge in [0, 0.05) is 18.3 Å². The molecule has 1 aromatic heterocycles. The molecule has 1 atom stereocenters. The predicted octanol–water partition coefficient (Wildman–Crippen LogP) is 0.193. The van der Waals surface area contributed by atoms with Gasteiger partial charge < -0.3 is 21.5 Å². The summed E-state index contributed by atoms with van der Waals surface area (Å²) in [5.41, 5.74) is 5.18. The summed E-state index contributed by atoms with van der Waals surface area (Å²) < 4.78 is 0. The van der Waals surface area contributed by atoms with E-state index in [0.29, 0.717) is 11.4 Å². The number of primary amides is 1. The highest BCUT2D eigenvalue weighted by Crippen LogP contribution is 2.09. The van der Waals surface area contributed by atoms with E-state index < -0.39 is 23.9 Å². The standard InChI is InChI=1S/C12H18N4O4S/c1-6(2)9(10(13)17)16-12(20)14-4-3-8-15-7(5-21-8)11(18)19/h5-6,9H,3-4H2,1-2H3,(H2,13,17)(H,18,19)(H2,14,16,20). The highest BCUT2D eigenvalue weighted by atomic mass is 32.1. The van der Waals surface area contributed by atoms with Crippen LogP contribution in [-0.4, -0.2) is 40.6 Å². The molecule has 9 heteroatoms. The fourth-order valence-corrected chi connectivity index (χ4v) is 2.34. The summed E-state index contributed by atoms with van der Waals surface area (Å²) in [7, 11) is 0.